The quantitative estimate of drug-likeness (QED) is 0.527. The van der Waals surface area contributed by atoms with Gasteiger partial charge in [-0.15, -0.1) is 0 Å². The van der Waals surface area contributed by atoms with E-state index in [2.05, 4.69) is 0 Å². The molecule has 0 N–H and O–H groups in total. The van der Waals surface area contributed by atoms with E-state index >= 15 is 4.39 Å². The molecular weight excluding hydrogens is 407 g/mol. The number of carbonyl (C=O) groups is 4. The first-order valence-corrected chi connectivity index (χ1v) is 10.4. The Labute approximate surface area is 178 Å². The van der Waals surface area contributed by atoms with Gasteiger partial charge in [-0.2, -0.15) is 0 Å². The maximum absolute atomic E-state index is 15.0. The molecule has 0 saturated heterocycles. The lowest BCUT2D eigenvalue weighted by molar-refractivity contribution is -0.146. The molecule has 2 aliphatic heterocycles. The SMILES string of the molecule is CCOC(=O)C(CC)N1C(=O)COc2cc(F)c(N3C(=O)C4=C(CCCC4)C3=O)cc21. The summed E-state index contributed by atoms with van der Waals surface area (Å²) in [5.74, 6) is -2.93. The Morgan fingerprint density at radius 3 is 2.32 bits per heavy atom. The van der Waals surface area contributed by atoms with Crippen LogP contribution < -0.4 is 14.5 Å². The van der Waals surface area contributed by atoms with Crippen molar-refractivity contribution >= 4 is 35.1 Å². The molecule has 0 aromatic heterocycles. The fourth-order valence-electron chi connectivity index (χ4n) is 4.34. The van der Waals surface area contributed by atoms with E-state index in [0.29, 0.717) is 24.0 Å². The van der Waals surface area contributed by atoms with Crippen LogP contribution in [0, 0.1) is 5.82 Å². The van der Waals surface area contributed by atoms with Crippen molar-refractivity contribution in [2.75, 3.05) is 23.0 Å². The highest BCUT2D eigenvalue weighted by molar-refractivity contribution is 6.33. The molecule has 4 rings (SSSR count). The van der Waals surface area contributed by atoms with E-state index in [1.54, 1.807) is 13.8 Å². The minimum absolute atomic E-state index is 0.0559. The van der Waals surface area contributed by atoms with E-state index < -0.39 is 35.5 Å². The van der Waals surface area contributed by atoms with Gasteiger partial charge in [0.25, 0.3) is 17.7 Å². The molecule has 164 valence electrons. The zero-order valence-electron chi connectivity index (χ0n) is 17.4. The number of fused-ring (bicyclic) bond motifs is 1. The summed E-state index contributed by atoms with van der Waals surface area (Å²) in [6, 6.07) is 1.34. The summed E-state index contributed by atoms with van der Waals surface area (Å²) in [5, 5.41) is 0. The molecule has 0 fully saturated rings. The summed E-state index contributed by atoms with van der Waals surface area (Å²) in [5.41, 5.74) is 0.717. The molecule has 1 aromatic carbocycles. The van der Waals surface area contributed by atoms with E-state index in [9.17, 15) is 19.2 Å². The molecule has 0 bridgehead atoms. The molecule has 0 radical (unpaired) electrons. The van der Waals surface area contributed by atoms with Crippen LogP contribution in [-0.4, -0.2) is 42.9 Å². The standard InChI is InChI=1S/C22H23FN2O6/c1-3-15(22(29)30-4-2)24-17-10-16(14(23)9-18(17)31-11-19(24)26)25-20(27)12-7-5-6-8-13(12)21(25)28/h9-10,15H,3-8,11H2,1-2H3. The number of halogens is 1. The fraction of sp³-hybridized carbons (Fsp3) is 0.455. The lowest BCUT2D eigenvalue weighted by atomic mass is 9.93. The number of rotatable bonds is 5. The highest BCUT2D eigenvalue weighted by Gasteiger charge is 2.43. The van der Waals surface area contributed by atoms with Gasteiger partial charge in [0.15, 0.2) is 12.4 Å². The summed E-state index contributed by atoms with van der Waals surface area (Å²) in [6.07, 6.45) is 2.82. The lowest BCUT2D eigenvalue weighted by Gasteiger charge is -2.34. The van der Waals surface area contributed by atoms with Crippen LogP contribution in [0.3, 0.4) is 0 Å². The van der Waals surface area contributed by atoms with Crippen molar-refractivity contribution in [3.05, 3.63) is 29.1 Å². The number of carbonyl (C=O) groups excluding carboxylic acids is 4. The molecule has 2 heterocycles. The van der Waals surface area contributed by atoms with Crippen LogP contribution in [-0.2, 0) is 23.9 Å². The van der Waals surface area contributed by atoms with Crippen molar-refractivity contribution in [3.8, 4) is 5.75 Å². The van der Waals surface area contributed by atoms with Crippen molar-refractivity contribution in [1.82, 2.24) is 0 Å². The number of nitrogens with zero attached hydrogens (tertiary/aromatic N) is 2. The Morgan fingerprint density at radius 1 is 1.10 bits per heavy atom. The minimum Gasteiger partial charge on any atom is -0.481 e. The average molecular weight is 430 g/mol. The van der Waals surface area contributed by atoms with Gasteiger partial charge in [0, 0.05) is 17.2 Å². The van der Waals surface area contributed by atoms with Gasteiger partial charge in [0.05, 0.1) is 18.0 Å². The molecule has 1 unspecified atom stereocenters. The van der Waals surface area contributed by atoms with Gasteiger partial charge >= 0.3 is 5.97 Å². The van der Waals surface area contributed by atoms with Crippen LogP contribution in [0.4, 0.5) is 15.8 Å². The van der Waals surface area contributed by atoms with E-state index in [0.717, 1.165) is 23.8 Å². The summed E-state index contributed by atoms with van der Waals surface area (Å²) < 4.78 is 25.5. The second-order valence-electron chi connectivity index (χ2n) is 7.61. The third-order valence-electron chi connectivity index (χ3n) is 5.80. The molecule has 1 aliphatic carbocycles. The second-order valence-corrected chi connectivity index (χ2v) is 7.61. The minimum atomic E-state index is -0.940. The number of benzene rings is 1. The predicted molar refractivity (Wildman–Crippen MR) is 108 cm³/mol. The van der Waals surface area contributed by atoms with Crippen molar-refractivity contribution in [3.63, 3.8) is 0 Å². The molecule has 1 atom stereocenters. The predicted octanol–water partition coefficient (Wildman–Crippen LogP) is 2.64. The Morgan fingerprint density at radius 2 is 1.74 bits per heavy atom. The van der Waals surface area contributed by atoms with Gasteiger partial charge in [0.2, 0.25) is 0 Å². The third kappa shape index (κ3) is 3.37. The molecule has 9 heteroatoms. The molecule has 0 saturated carbocycles. The average Bonchev–Trinajstić information content (AvgIpc) is 3.01. The van der Waals surface area contributed by atoms with Crippen molar-refractivity contribution < 1.29 is 33.0 Å². The zero-order chi connectivity index (χ0) is 22.3. The van der Waals surface area contributed by atoms with Gasteiger partial charge in [-0.1, -0.05) is 6.92 Å². The van der Waals surface area contributed by atoms with Gasteiger partial charge in [0.1, 0.15) is 11.8 Å². The summed E-state index contributed by atoms with van der Waals surface area (Å²) >= 11 is 0. The van der Waals surface area contributed by atoms with Gasteiger partial charge in [-0.25, -0.2) is 14.1 Å². The summed E-state index contributed by atoms with van der Waals surface area (Å²) in [6.45, 7) is 3.16. The van der Waals surface area contributed by atoms with E-state index in [-0.39, 0.29) is 36.8 Å². The van der Waals surface area contributed by atoms with Gasteiger partial charge in [-0.3, -0.25) is 19.3 Å². The zero-order valence-corrected chi connectivity index (χ0v) is 17.4. The topological polar surface area (TPSA) is 93.2 Å². The highest BCUT2D eigenvalue weighted by atomic mass is 19.1. The first-order chi connectivity index (χ1) is 14.9. The van der Waals surface area contributed by atoms with Gasteiger partial charge < -0.3 is 9.47 Å². The second kappa shape index (κ2) is 8.13. The van der Waals surface area contributed by atoms with E-state index in [4.69, 9.17) is 9.47 Å². The normalized spacial score (nSPS) is 19.3. The Kier molecular flexibility index (Phi) is 5.51. The summed E-state index contributed by atoms with van der Waals surface area (Å²) in [7, 11) is 0. The molecule has 1 aromatic rings. The number of anilines is 2. The number of hydrogen-bond donors (Lipinski definition) is 0. The Hall–Kier alpha value is -3.23. The molecule has 8 nitrogen and oxygen atoms in total. The van der Waals surface area contributed by atoms with Crippen LogP contribution >= 0.6 is 0 Å². The van der Waals surface area contributed by atoms with E-state index in [1.807, 2.05) is 0 Å². The van der Waals surface area contributed by atoms with Crippen LogP contribution in [0.2, 0.25) is 0 Å². The number of amides is 3. The smallest absolute Gasteiger partial charge is 0.329 e. The lowest BCUT2D eigenvalue weighted by Crippen LogP contribution is -2.50. The Bertz CT molecular complexity index is 989. The number of esters is 1. The maximum Gasteiger partial charge on any atom is 0.329 e. The summed E-state index contributed by atoms with van der Waals surface area (Å²) in [4.78, 5) is 52.9. The number of hydrogen-bond acceptors (Lipinski definition) is 6. The number of imide groups is 1. The fourth-order valence-corrected chi connectivity index (χ4v) is 4.34. The van der Waals surface area contributed by atoms with Gasteiger partial charge in [-0.05, 0) is 45.1 Å². The molecule has 3 aliphatic rings. The Balaban J connectivity index is 1.78. The van der Waals surface area contributed by atoms with E-state index in [1.165, 1.54) is 11.0 Å². The van der Waals surface area contributed by atoms with Crippen LogP contribution in [0.25, 0.3) is 0 Å². The van der Waals surface area contributed by atoms with Crippen molar-refractivity contribution in [2.45, 2.75) is 52.0 Å². The largest absolute Gasteiger partial charge is 0.481 e. The first-order valence-electron chi connectivity index (χ1n) is 10.4. The van der Waals surface area contributed by atoms with Crippen LogP contribution in [0.1, 0.15) is 46.0 Å². The maximum atomic E-state index is 15.0. The van der Waals surface area contributed by atoms with Crippen LogP contribution in [0.15, 0.2) is 23.3 Å². The molecule has 3 amide bonds. The van der Waals surface area contributed by atoms with Crippen molar-refractivity contribution in [1.29, 1.82) is 0 Å². The molecule has 0 spiro atoms. The van der Waals surface area contributed by atoms with Crippen LogP contribution in [0.5, 0.6) is 5.75 Å². The molecular formula is C22H23FN2O6. The van der Waals surface area contributed by atoms with Crippen molar-refractivity contribution in [2.24, 2.45) is 0 Å². The third-order valence-corrected chi connectivity index (χ3v) is 5.80. The monoisotopic (exact) mass is 430 g/mol. The number of ether oxygens (including phenoxy) is 2. The first kappa shape index (κ1) is 21.0. The highest BCUT2D eigenvalue weighted by Crippen LogP contribution is 2.42. The molecule has 31 heavy (non-hydrogen) atoms.